The number of carbonyl (C=O) groups excluding carboxylic acids is 1. The van der Waals surface area contributed by atoms with Gasteiger partial charge in [0.15, 0.2) is 0 Å². The number of carbonyl (C=O) groups is 2. The number of rotatable bonds is 7. The van der Waals surface area contributed by atoms with Crippen molar-refractivity contribution in [3.05, 3.63) is 107 Å². The number of amides is 1. The minimum Gasteiger partial charge on any atom is -0.480 e. The Labute approximate surface area is 169 Å². The van der Waals surface area contributed by atoms with E-state index < -0.39 is 29.2 Å². The van der Waals surface area contributed by atoms with Gasteiger partial charge in [0.2, 0.25) is 5.91 Å². The molecule has 148 valence electrons. The van der Waals surface area contributed by atoms with Crippen LogP contribution in [0.1, 0.15) is 23.6 Å². The van der Waals surface area contributed by atoms with Crippen LogP contribution in [0.15, 0.2) is 84.9 Å². The molecule has 1 atom stereocenters. The van der Waals surface area contributed by atoms with Gasteiger partial charge in [-0.15, -0.1) is 0 Å². The molecule has 0 radical (unpaired) electrons. The highest BCUT2D eigenvalue weighted by Crippen LogP contribution is 2.32. The number of benzene rings is 3. The molecule has 0 spiro atoms. The second kappa shape index (κ2) is 8.69. The highest BCUT2D eigenvalue weighted by Gasteiger charge is 2.38. The third kappa shape index (κ3) is 4.51. The van der Waals surface area contributed by atoms with Crippen molar-refractivity contribution in [2.24, 2.45) is 0 Å². The van der Waals surface area contributed by atoms with Crippen molar-refractivity contribution in [3.63, 3.8) is 0 Å². The Hall–Kier alpha value is -3.47. The maximum Gasteiger partial charge on any atom is 0.326 e. The van der Waals surface area contributed by atoms with E-state index >= 15 is 0 Å². The zero-order valence-electron chi connectivity index (χ0n) is 16.0. The second-order valence-electron chi connectivity index (χ2n) is 7.06. The van der Waals surface area contributed by atoms with Crippen LogP contribution in [0.4, 0.5) is 4.39 Å². The Morgan fingerprint density at radius 2 is 1.48 bits per heavy atom. The van der Waals surface area contributed by atoms with Gasteiger partial charge in [0.05, 0.1) is 5.41 Å². The van der Waals surface area contributed by atoms with Crippen LogP contribution >= 0.6 is 0 Å². The van der Waals surface area contributed by atoms with Gasteiger partial charge in [-0.25, -0.2) is 9.18 Å². The van der Waals surface area contributed by atoms with Crippen molar-refractivity contribution in [3.8, 4) is 0 Å². The van der Waals surface area contributed by atoms with E-state index in [1.54, 1.807) is 13.0 Å². The fourth-order valence-electron chi connectivity index (χ4n) is 3.37. The third-order valence-electron chi connectivity index (χ3n) is 5.09. The zero-order valence-corrected chi connectivity index (χ0v) is 16.0. The largest absolute Gasteiger partial charge is 0.480 e. The molecule has 0 saturated carbocycles. The number of hydrogen-bond acceptors (Lipinski definition) is 2. The fraction of sp³-hybridized carbons (Fsp3) is 0.167. The summed E-state index contributed by atoms with van der Waals surface area (Å²) in [7, 11) is 0. The van der Waals surface area contributed by atoms with Gasteiger partial charge in [-0.1, -0.05) is 72.8 Å². The summed E-state index contributed by atoms with van der Waals surface area (Å²) in [5.74, 6) is -2.05. The van der Waals surface area contributed by atoms with Crippen LogP contribution in [0, 0.1) is 5.82 Å². The Morgan fingerprint density at radius 3 is 1.97 bits per heavy atom. The van der Waals surface area contributed by atoms with Gasteiger partial charge in [-0.2, -0.15) is 0 Å². The van der Waals surface area contributed by atoms with E-state index in [9.17, 15) is 19.1 Å². The molecule has 0 aliphatic rings. The van der Waals surface area contributed by atoms with Crippen molar-refractivity contribution < 1.29 is 19.1 Å². The zero-order chi connectivity index (χ0) is 20.9. The number of hydrogen-bond donors (Lipinski definition) is 2. The monoisotopic (exact) mass is 391 g/mol. The topological polar surface area (TPSA) is 66.4 Å². The Balaban J connectivity index is 1.94. The molecular weight excluding hydrogens is 369 g/mol. The van der Waals surface area contributed by atoms with Crippen LogP contribution in [0.5, 0.6) is 0 Å². The predicted molar refractivity (Wildman–Crippen MR) is 109 cm³/mol. The minimum atomic E-state index is -1.18. The number of nitrogens with one attached hydrogen (secondary N) is 1. The standard InChI is InChI=1S/C24H22FNO3/c1-24(18-10-4-2-5-11-18,19-12-6-3-7-13-19)23(29)26-21(22(27)28)16-17-9-8-14-20(25)15-17/h2-15,21H,16H2,1H3,(H,26,29)(H,27,28)/t21-/m1/s1. The molecule has 0 saturated heterocycles. The minimum absolute atomic E-state index is 0.0154. The molecule has 0 aliphatic heterocycles. The first-order chi connectivity index (χ1) is 13.9. The first kappa shape index (κ1) is 20.3. The van der Waals surface area contributed by atoms with Gasteiger partial charge in [0.25, 0.3) is 0 Å². The molecule has 29 heavy (non-hydrogen) atoms. The Morgan fingerprint density at radius 1 is 0.931 bits per heavy atom. The molecule has 3 aromatic rings. The smallest absolute Gasteiger partial charge is 0.326 e. The van der Waals surface area contributed by atoms with Crippen LogP contribution in [-0.4, -0.2) is 23.0 Å². The summed E-state index contributed by atoms with van der Waals surface area (Å²) in [5.41, 5.74) is 0.911. The first-order valence-electron chi connectivity index (χ1n) is 9.30. The van der Waals surface area contributed by atoms with Crippen molar-refractivity contribution in [2.75, 3.05) is 0 Å². The highest BCUT2D eigenvalue weighted by molar-refractivity contribution is 5.94. The summed E-state index contributed by atoms with van der Waals surface area (Å²) in [6.45, 7) is 1.77. The van der Waals surface area contributed by atoms with Crippen LogP contribution in [0.25, 0.3) is 0 Å². The van der Waals surface area contributed by atoms with Gasteiger partial charge < -0.3 is 10.4 Å². The van der Waals surface area contributed by atoms with Crippen molar-refractivity contribution >= 4 is 11.9 Å². The molecule has 0 heterocycles. The lowest BCUT2D eigenvalue weighted by molar-refractivity contribution is -0.142. The normalized spacial score (nSPS) is 12.2. The van der Waals surface area contributed by atoms with Crippen molar-refractivity contribution in [1.29, 1.82) is 0 Å². The van der Waals surface area contributed by atoms with Crippen LogP contribution in [-0.2, 0) is 21.4 Å². The second-order valence-corrected chi connectivity index (χ2v) is 7.06. The molecule has 1 amide bonds. The summed E-state index contributed by atoms with van der Waals surface area (Å²) in [4.78, 5) is 25.2. The maximum absolute atomic E-state index is 13.5. The molecule has 4 nitrogen and oxygen atoms in total. The highest BCUT2D eigenvalue weighted by atomic mass is 19.1. The molecule has 5 heteroatoms. The molecule has 0 unspecified atom stereocenters. The molecule has 0 aliphatic carbocycles. The molecule has 0 fully saturated rings. The summed E-state index contributed by atoms with van der Waals surface area (Å²) >= 11 is 0. The van der Waals surface area contributed by atoms with Gasteiger partial charge in [-0.05, 0) is 35.7 Å². The molecule has 3 aromatic carbocycles. The van der Waals surface area contributed by atoms with Crippen LogP contribution < -0.4 is 5.32 Å². The summed E-state index contributed by atoms with van der Waals surface area (Å²) in [5, 5.41) is 12.3. The summed E-state index contributed by atoms with van der Waals surface area (Å²) in [6.07, 6.45) is -0.0154. The molecular formula is C24H22FNO3. The van der Waals surface area contributed by atoms with E-state index in [-0.39, 0.29) is 6.42 Å². The van der Waals surface area contributed by atoms with Crippen LogP contribution in [0.3, 0.4) is 0 Å². The van der Waals surface area contributed by atoms with E-state index in [0.717, 1.165) is 11.1 Å². The number of carboxylic acid groups (broad SMARTS) is 1. The lowest BCUT2D eigenvalue weighted by Crippen LogP contribution is -2.50. The quantitative estimate of drug-likeness (QED) is 0.641. The van der Waals surface area contributed by atoms with Crippen molar-refractivity contribution in [1.82, 2.24) is 5.32 Å². The van der Waals surface area contributed by atoms with Gasteiger partial charge >= 0.3 is 5.97 Å². The van der Waals surface area contributed by atoms with E-state index in [4.69, 9.17) is 0 Å². The van der Waals surface area contributed by atoms with Gasteiger partial charge in [-0.3, -0.25) is 4.79 Å². The average molecular weight is 391 g/mol. The molecule has 0 bridgehead atoms. The third-order valence-corrected chi connectivity index (χ3v) is 5.09. The Kier molecular flexibility index (Phi) is 6.07. The first-order valence-corrected chi connectivity index (χ1v) is 9.30. The van der Waals surface area contributed by atoms with Crippen LogP contribution in [0.2, 0.25) is 0 Å². The Bertz CT molecular complexity index is 950. The summed E-state index contributed by atoms with van der Waals surface area (Å²) in [6, 6.07) is 23.0. The predicted octanol–water partition coefficient (Wildman–Crippen LogP) is 3.94. The van der Waals surface area contributed by atoms with E-state index in [0.29, 0.717) is 5.56 Å². The maximum atomic E-state index is 13.5. The fourth-order valence-corrected chi connectivity index (χ4v) is 3.37. The van der Waals surface area contributed by atoms with Gasteiger partial charge in [0.1, 0.15) is 11.9 Å². The SMILES string of the molecule is CC(C(=O)N[C@H](Cc1cccc(F)c1)C(=O)O)(c1ccccc1)c1ccccc1. The lowest BCUT2D eigenvalue weighted by Gasteiger charge is -2.31. The number of carboxylic acids is 1. The summed E-state index contributed by atoms with van der Waals surface area (Å²) < 4.78 is 13.5. The lowest BCUT2D eigenvalue weighted by atomic mass is 9.75. The van der Waals surface area contributed by atoms with Crippen molar-refractivity contribution in [2.45, 2.75) is 24.8 Å². The molecule has 0 aromatic heterocycles. The number of halogens is 1. The van der Waals surface area contributed by atoms with E-state index in [2.05, 4.69) is 5.32 Å². The molecule has 3 rings (SSSR count). The molecule has 2 N–H and O–H groups in total. The van der Waals surface area contributed by atoms with E-state index in [1.807, 2.05) is 60.7 Å². The average Bonchev–Trinajstić information content (AvgIpc) is 2.73. The van der Waals surface area contributed by atoms with Gasteiger partial charge in [0, 0.05) is 6.42 Å². The van der Waals surface area contributed by atoms with E-state index in [1.165, 1.54) is 18.2 Å². The number of aliphatic carboxylic acids is 1.